The normalized spacial score (nSPS) is 9.78. The number of ether oxygens (including phenoxy) is 1. The van der Waals surface area contributed by atoms with Crippen molar-refractivity contribution >= 4 is 5.69 Å². The Morgan fingerprint density at radius 3 is 3.00 bits per heavy atom. The zero-order valence-corrected chi connectivity index (χ0v) is 9.43. The van der Waals surface area contributed by atoms with E-state index in [0.717, 1.165) is 0 Å². The summed E-state index contributed by atoms with van der Waals surface area (Å²) in [5, 5.41) is 8.86. The average molecular weight is 243 g/mol. The highest BCUT2D eigenvalue weighted by Gasteiger charge is 2.06. The molecule has 1 heterocycles. The molecule has 0 atom stereocenters. The summed E-state index contributed by atoms with van der Waals surface area (Å²) in [6.45, 7) is 0.115. The molecule has 0 aliphatic carbocycles. The molecule has 5 heteroatoms. The third-order valence-electron chi connectivity index (χ3n) is 2.36. The quantitative estimate of drug-likeness (QED) is 0.839. The topological polar surface area (TPSA) is 71.9 Å². The van der Waals surface area contributed by atoms with Crippen molar-refractivity contribution < 1.29 is 9.13 Å². The van der Waals surface area contributed by atoms with Crippen LogP contribution in [0.25, 0.3) is 0 Å². The number of pyridine rings is 1. The smallest absolute Gasteiger partial charge is 0.147 e. The highest BCUT2D eigenvalue weighted by Crippen LogP contribution is 2.23. The first-order valence-electron chi connectivity index (χ1n) is 5.22. The Balaban J connectivity index is 2.17. The fourth-order valence-electron chi connectivity index (χ4n) is 1.44. The average Bonchev–Trinajstić information content (AvgIpc) is 2.40. The second kappa shape index (κ2) is 5.15. The van der Waals surface area contributed by atoms with Gasteiger partial charge in [-0.1, -0.05) is 6.07 Å². The van der Waals surface area contributed by atoms with Crippen LogP contribution in [0.5, 0.6) is 5.75 Å². The maximum atomic E-state index is 13.0. The first kappa shape index (κ1) is 11.9. The summed E-state index contributed by atoms with van der Waals surface area (Å²) in [6.07, 6.45) is 1.53. The van der Waals surface area contributed by atoms with E-state index in [0.29, 0.717) is 11.3 Å². The molecule has 0 fully saturated rings. The van der Waals surface area contributed by atoms with Gasteiger partial charge in [0.05, 0.1) is 5.69 Å². The summed E-state index contributed by atoms with van der Waals surface area (Å²) in [5.74, 6) is -0.173. The number of hydrogen-bond acceptors (Lipinski definition) is 4. The first-order chi connectivity index (χ1) is 8.70. The fraction of sp³-hybridized carbons (Fsp3) is 0.0769. The van der Waals surface area contributed by atoms with Crippen molar-refractivity contribution in [3.05, 3.63) is 53.6 Å². The van der Waals surface area contributed by atoms with Crippen molar-refractivity contribution in [1.82, 2.24) is 4.98 Å². The number of nitrogen functional groups attached to an aromatic ring is 1. The largest absolute Gasteiger partial charge is 0.487 e. The molecule has 1 aromatic carbocycles. The second-order valence-corrected chi connectivity index (χ2v) is 3.59. The predicted octanol–water partition coefficient (Wildman–Crippen LogP) is 2.25. The van der Waals surface area contributed by atoms with Crippen LogP contribution in [0.3, 0.4) is 0 Å². The van der Waals surface area contributed by atoms with Crippen LogP contribution in [0.4, 0.5) is 10.1 Å². The molecule has 0 aliphatic rings. The molecule has 0 spiro atoms. The van der Waals surface area contributed by atoms with Gasteiger partial charge in [0.1, 0.15) is 29.9 Å². The van der Waals surface area contributed by atoms with Crippen LogP contribution in [0.15, 0.2) is 36.5 Å². The van der Waals surface area contributed by atoms with E-state index in [4.69, 9.17) is 15.7 Å². The third-order valence-corrected chi connectivity index (χ3v) is 2.36. The minimum atomic E-state index is -0.425. The Morgan fingerprint density at radius 1 is 1.39 bits per heavy atom. The van der Waals surface area contributed by atoms with Gasteiger partial charge in [0.15, 0.2) is 0 Å². The van der Waals surface area contributed by atoms with Gasteiger partial charge in [-0.15, -0.1) is 0 Å². The van der Waals surface area contributed by atoms with Crippen LogP contribution in [0.2, 0.25) is 0 Å². The highest BCUT2D eigenvalue weighted by molar-refractivity contribution is 5.52. The van der Waals surface area contributed by atoms with Crippen molar-refractivity contribution in [2.24, 2.45) is 0 Å². The van der Waals surface area contributed by atoms with Crippen molar-refractivity contribution in [2.45, 2.75) is 6.61 Å². The molecular weight excluding hydrogens is 233 g/mol. The van der Waals surface area contributed by atoms with Gasteiger partial charge >= 0.3 is 0 Å². The van der Waals surface area contributed by atoms with Gasteiger partial charge in [0, 0.05) is 17.8 Å². The maximum Gasteiger partial charge on any atom is 0.147 e. The van der Waals surface area contributed by atoms with Crippen LogP contribution in [-0.4, -0.2) is 4.98 Å². The number of anilines is 1. The van der Waals surface area contributed by atoms with E-state index in [1.807, 2.05) is 6.07 Å². The van der Waals surface area contributed by atoms with Crippen molar-refractivity contribution in [3.63, 3.8) is 0 Å². The van der Waals surface area contributed by atoms with E-state index in [1.165, 1.54) is 24.4 Å². The third kappa shape index (κ3) is 2.55. The van der Waals surface area contributed by atoms with Gasteiger partial charge in [0.2, 0.25) is 0 Å². The summed E-state index contributed by atoms with van der Waals surface area (Å²) < 4.78 is 18.4. The summed E-state index contributed by atoms with van der Waals surface area (Å²) in [5.41, 5.74) is 6.91. The number of benzene rings is 1. The molecule has 2 rings (SSSR count). The maximum absolute atomic E-state index is 13.0. The molecule has 1 aromatic heterocycles. The lowest BCUT2D eigenvalue weighted by molar-refractivity contribution is 0.305. The molecule has 2 aromatic rings. The van der Waals surface area contributed by atoms with Gasteiger partial charge in [-0.05, 0) is 18.2 Å². The van der Waals surface area contributed by atoms with Crippen LogP contribution < -0.4 is 10.5 Å². The number of rotatable bonds is 3. The van der Waals surface area contributed by atoms with E-state index in [2.05, 4.69) is 4.98 Å². The minimum absolute atomic E-state index is 0.115. The Labute approximate surface area is 103 Å². The molecule has 0 aliphatic heterocycles. The molecule has 0 unspecified atom stereocenters. The standard InChI is InChI=1S/C13H10FN3O/c14-10-3-4-11(16)13(6-10)18-8-9-2-1-5-17-12(9)7-15/h1-6H,8,16H2. The SMILES string of the molecule is N#Cc1ncccc1COc1cc(F)ccc1N. The Kier molecular flexibility index (Phi) is 3.39. The zero-order chi connectivity index (χ0) is 13.0. The Bertz CT molecular complexity index is 607. The van der Waals surface area contributed by atoms with E-state index in [-0.39, 0.29) is 18.1 Å². The Morgan fingerprint density at radius 2 is 2.22 bits per heavy atom. The van der Waals surface area contributed by atoms with Gasteiger partial charge < -0.3 is 10.5 Å². The fourth-order valence-corrected chi connectivity index (χ4v) is 1.44. The molecule has 18 heavy (non-hydrogen) atoms. The van der Waals surface area contributed by atoms with Crippen LogP contribution in [0.1, 0.15) is 11.3 Å². The summed E-state index contributed by atoms with van der Waals surface area (Å²) in [4.78, 5) is 3.90. The lowest BCUT2D eigenvalue weighted by Crippen LogP contribution is -2.02. The molecule has 0 saturated heterocycles. The molecule has 0 amide bonds. The Hall–Kier alpha value is -2.61. The van der Waals surface area contributed by atoms with E-state index in [9.17, 15) is 4.39 Å². The molecule has 4 nitrogen and oxygen atoms in total. The lowest BCUT2D eigenvalue weighted by Gasteiger charge is -2.09. The first-order valence-corrected chi connectivity index (χ1v) is 5.22. The van der Waals surface area contributed by atoms with E-state index in [1.54, 1.807) is 12.1 Å². The van der Waals surface area contributed by atoms with Gasteiger partial charge in [0.25, 0.3) is 0 Å². The highest BCUT2D eigenvalue weighted by atomic mass is 19.1. The zero-order valence-electron chi connectivity index (χ0n) is 9.43. The summed E-state index contributed by atoms with van der Waals surface area (Å²) in [6, 6.07) is 9.28. The monoisotopic (exact) mass is 243 g/mol. The molecule has 2 N–H and O–H groups in total. The van der Waals surface area contributed by atoms with Crippen LogP contribution >= 0.6 is 0 Å². The number of hydrogen-bond donors (Lipinski definition) is 1. The van der Waals surface area contributed by atoms with Crippen molar-refractivity contribution in [1.29, 1.82) is 5.26 Å². The van der Waals surface area contributed by atoms with Crippen LogP contribution in [0, 0.1) is 17.1 Å². The molecule has 90 valence electrons. The van der Waals surface area contributed by atoms with Gasteiger partial charge in [-0.25, -0.2) is 9.37 Å². The lowest BCUT2D eigenvalue weighted by atomic mass is 10.2. The van der Waals surface area contributed by atoms with Gasteiger partial charge in [-0.3, -0.25) is 0 Å². The van der Waals surface area contributed by atoms with Crippen molar-refractivity contribution in [3.8, 4) is 11.8 Å². The number of nitrogens with zero attached hydrogens (tertiary/aromatic N) is 2. The number of nitrogens with two attached hydrogens (primary N) is 1. The molecule has 0 radical (unpaired) electrons. The van der Waals surface area contributed by atoms with Crippen molar-refractivity contribution in [2.75, 3.05) is 5.73 Å². The number of nitriles is 1. The molecular formula is C13H10FN3O. The molecule has 0 saturated carbocycles. The van der Waals surface area contributed by atoms with Gasteiger partial charge in [-0.2, -0.15) is 5.26 Å². The number of aromatic nitrogens is 1. The predicted molar refractivity (Wildman–Crippen MR) is 64.1 cm³/mol. The summed E-state index contributed by atoms with van der Waals surface area (Å²) in [7, 11) is 0. The van der Waals surface area contributed by atoms with Crippen LogP contribution in [-0.2, 0) is 6.61 Å². The minimum Gasteiger partial charge on any atom is -0.487 e. The van der Waals surface area contributed by atoms with E-state index >= 15 is 0 Å². The molecule has 0 bridgehead atoms. The van der Waals surface area contributed by atoms with E-state index < -0.39 is 5.82 Å². The second-order valence-electron chi connectivity index (χ2n) is 3.59. The summed E-state index contributed by atoms with van der Waals surface area (Å²) >= 11 is 0. The number of halogens is 1.